The van der Waals surface area contributed by atoms with Crippen LogP contribution in [0, 0.1) is 13.8 Å². The van der Waals surface area contributed by atoms with Crippen LogP contribution in [0.2, 0.25) is 0 Å². The van der Waals surface area contributed by atoms with E-state index in [0.29, 0.717) is 18.5 Å². The van der Waals surface area contributed by atoms with Crippen LogP contribution in [-0.4, -0.2) is 54.1 Å². The maximum Gasteiger partial charge on any atom is 0.256 e. The van der Waals surface area contributed by atoms with Gasteiger partial charge < -0.3 is 19.5 Å². The quantitative estimate of drug-likeness (QED) is 0.896. The molecule has 0 aromatic carbocycles. The molecule has 0 aliphatic carbocycles. The van der Waals surface area contributed by atoms with E-state index in [1.165, 1.54) is 0 Å². The molecule has 6 heteroatoms. The number of nitrogens with zero attached hydrogens (tertiary/aromatic N) is 2. The molecule has 6 nitrogen and oxygen atoms in total. The van der Waals surface area contributed by atoms with Gasteiger partial charge in [0.25, 0.3) is 5.91 Å². The number of amides is 2. The standard InChI is InChI=1S/C18H29N3O3/c1-12(2)21-13(3)10-15(14(21)4)16(22)20-9-7-8-18(20,11-24-6)17(23)19-5/h10,12H,7-9,11H2,1-6H3,(H,19,23). The zero-order valence-electron chi connectivity index (χ0n) is 15.6. The average Bonchev–Trinajstić information content (AvgIpc) is 3.08. The Bertz CT molecular complexity index is 636. The highest BCUT2D eigenvalue weighted by molar-refractivity contribution is 6.00. The molecule has 0 bridgehead atoms. The number of rotatable bonds is 5. The Morgan fingerprint density at radius 3 is 2.54 bits per heavy atom. The minimum absolute atomic E-state index is 0.0897. The minimum atomic E-state index is -0.916. The van der Waals surface area contributed by atoms with Crippen molar-refractivity contribution in [2.45, 2.75) is 52.1 Å². The first-order valence-electron chi connectivity index (χ1n) is 8.51. The molecule has 0 spiro atoms. The average molecular weight is 335 g/mol. The first-order chi connectivity index (χ1) is 11.3. The third-order valence-electron chi connectivity index (χ3n) is 5.00. The molecule has 134 valence electrons. The van der Waals surface area contributed by atoms with E-state index in [2.05, 4.69) is 23.7 Å². The van der Waals surface area contributed by atoms with Crippen LogP contribution >= 0.6 is 0 Å². The van der Waals surface area contributed by atoms with Gasteiger partial charge in [-0.2, -0.15) is 0 Å². The fraction of sp³-hybridized carbons (Fsp3) is 0.667. The Labute approximate surface area is 144 Å². The number of hydrogen-bond acceptors (Lipinski definition) is 3. The summed E-state index contributed by atoms with van der Waals surface area (Å²) in [7, 11) is 3.17. The van der Waals surface area contributed by atoms with Crippen molar-refractivity contribution in [2.75, 3.05) is 27.3 Å². The number of aryl methyl sites for hydroxylation is 1. The number of aromatic nitrogens is 1. The first kappa shape index (κ1) is 18.5. The van der Waals surface area contributed by atoms with Crippen LogP contribution < -0.4 is 5.32 Å². The summed E-state index contributed by atoms with van der Waals surface area (Å²) in [4.78, 5) is 27.5. The third-order valence-corrected chi connectivity index (χ3v) is 5.00. The topological polar surface area (TPSA) is 63.6 Å². The van der Waals surface area contributed by atoms with Crippen molar-refractivity contribution >= 4 is 11.8 Å². The van der Waals surface area contributed by atoms with Gasteiger partial charge in [0.1, 0.15) is 5.54 Å². The second-order valence-electron chi connectivity index (χ2n) is 6.85. The Morgan fingerprint density at radius 2 is 2.04 bits per heavy atom. The van der Waals surface area contributed by atoms with Gasteiger partial charge in [-0.25, -0.2) is 0 Å². The van der Waals surface area contributed by atoms with Crippen LogP contribution in [0.3, 0.4) is 0 Å². The lowest BCUT2D eigenvalue weighted by Crippen LogP contribution is -2.59. The Kier molecular flexibility index (Phi) is 5.38. The van der Waals surface area contributed by atoms with Crippen LogP contribution in [0.4, 0.5) is 0 Å². The molecule has 2 heterocycles. The number of likely N-dealkylation sites (tertiary alicyclic amines) is 1. The number of carbonyl (C=O) groups excluding carboxylic acids is 2. The lowest BCUT2D eigenvalue weighted by molar-refractivity contribution is -0.133. The van der Waals surface area contributed by atoms with Gasteiger partial charge >= 0.3 is 0 Å². The van der Waals surface area contributed by atoms with Crippen molar-refractivity contribution < 1.29 is 14.3 Å². The first-order valence-corrected chi connectivity index (χ1v) is 8.51. The van der Waals surface area contributed by atoms with Crippen LogP contribution in [-0.2, 0) is 9.53 Å². The number of nitrogens with one attached hydrogen (secondary N) is 1. The monoisotopic (exact) mass is 335 g/mol. The van der Waals surface area contributed by atoms with Gasteiger partial charge in [0.15, 0.2) is 0 Å². The number of carbonyl (C=O) groups is 2. The van der Waals surface area contributed by atoms with E-state index in [9.17, 15) is 9.59 Å². The Morgan fingerprint density at radius 1 is 1.38 bits per heavy atom. The molecule has 1 aliphatic heterocycles. The summed E-state index contributed by atoms with van der Waals surface area (Å²) >= 11 is 0. The van der Waals surface area contributed by atoms with E-state index >= 15 is 0 Å². The van der Waals surface area contributed by atoms with E-state index in [1.54, 1.807) is 19.1 Å². The minimum Gasteiger partial charge on any atom is -0.382 e. The highest BCUT2D eigenvalue weighted by Crippen LogP contribution is 2.33. The molecule has 1 aromatic heterocycles. The van der Waals surface area contributed by atoms with Gasteiger partial charge in [-0.3, -0.25) is 9.59 Å². The van der Waals surface area contributed by atoms with Crippen LogP contribution in [0.15, 0.2) is 6.07 Å². The summed E-state index contributed by atoms with van der Waals surface area (Å²) < 4.78 is 7.46. The number of hydrogen-bond donors (Lipinski definition) is 1. The number of likely N-dealkylation sites (N-methyl/N-ethyl adjacent to an activating group) is 1. The summed E-state index contributed by atoms with van der Waals surface area (Å²) in [5.74, 6) is -0.249. The summed E-state index contributed by atoms with van der Waals surface area (Å²) in [6.07, 6.45) is 1.42. The van der Waals surface area contributed by atoms with E-state index in [0.717, 1.165) is 17.8 Å². The van der Waals surface area contributed by atoms with Crippen LogP contribution in [0.5, 0.6) is 0 Å². The highest BCUT2D eigenvalue weighted by Gasteiger charge is 2.50. The Balaban J connectivity index is 2.45. The fourth-order valence-electron chi connectivity index (χ4n) is 4.03. The lowest BCUT2D eigenvalue weighted by atomic mass is 9.95. The third kappa shape index (κ3) is 2.83. The maximum absolute atomic E-state index is 13.2. The molecule has 1 atom stereocenters. The zero-order chi connectivity index (χ0) is 18.1. The van der Waals surface area contributed by atoms with Crippen molar-refractivity contribution in [3.8, 4) is 0 Å². The predicted octanol–water partition coefficient (Wildman–Crippen LogP) is 2.05. The SMILES string of the molecule is CNC(=O)C1(COC)CCCN1C(=O)c1cc(C)n(C(C)C)c1C. The van der Waals surface area contributed by atoms with Crippen LogP contribution in [0.1, 0.15) is 54.5 Å². The normalized spacial score (nSPS) is 20.7. The molecule has 0 saturated carbocycles. The van der Waals surface area contributed by atoms with Gasteiger partial charge in [-0.05, 0) is 46.6 Å². The molecule has 1 saturated heterocycles. The molecule has 0 radical (unpaired) electrons. The van der Waals surface area contributed by atoms with Crippen molar-refractivity contribution in [1.82, 2.24) is 14.8 Å². The zero-order valence-corrected chi connectivity index (χ0v) is 15.6. The molecule has 24 heavy (non-hydrogen) atoms. The van der Waals surface area contributed by atoms with Crippen molar-refractivity contribution in [3.63, 3.8) is 0 Å². The largest absolute Gasteiger partial charge is 0.382 e. The molecule has 2 rings (SSSR count). The smallest absolute Gasteiger partial charge is 0.256 e. The summed E-state index contributed by atoms with van der Waals surface area (Å²) in [6, 6.07) is 2.21. The van der Waals surface area contributed by atoms with E-state index in [1.807, 2.05) is 19.9 Å². The van der Waals surface area contributed by atoms with Gasteiger partial charge in [-0.15, -0.1) is 0 Å². The molecular formula is C18H29N3O3. The molecular weight excluding hydrogens is 306 g/mol. The summed E-state index contributed by atoms with van der Waals surface area (Å²) in [6.45, 7) is 8.96. The summed E-state index contributed by atoms with van der Waals surface area (Å²) in [5, 5.41) is 2.70. The molecule has 1 unspecified atom stereocenters. The van der Waals surface area contributed by atoms with E-state index < -0.39 is 5.54 Å². The molecule has 1 N–H and O–H groups in total. The second kappa shape index (κ2) is 6.97. The lowest BCUT2D eigenvalue weighted by Gasteiger charge is -2.36. The van der Waals surface area contributed by atoms with Crippen molar-refractivity contribution in [2.24, 2.45) is 0 Å². The summed E-state index contributed by atoms with van der Waals surface area (Å²) in [5.41, 5.74) is 1.76. The van der Waals surface area contributed by atoms with Crippen molar-refractivity contribution in [3.05, 3.63) is 23.0 Å². The van der Waals surface area contributed by atoms with Gasteiger partial charge in [0, 0.05) is 38.1 Å². The van der Waals surface area contributed by atoms with Crippen LogP contribution in [0.25, 0.3) is 0 Å². The number of ether oxygens (including phenoxy) is 1. The maximum atomic E-state index is 13.2. The van der Waals surface area contributed by atoms with Gasteiger partial charge in [0.2, 0.25) is 5.91 Å². The molecule has 1 fully saturated rings. The van der Waals surface area contributed by atoms with E-state index in [-0.39, 0.29) is 24.5 Å². The molecule has 2 amide bonds. The highest BCUT2D eigenvalue weighted by atomic mass is 16.5. The fourth-order valence-corrected chi connectivity index (χ4v) is 4.03. The number of methoxy groups -OCH3 is 1. The Hall–Kier alpha value is -1.82. The van der Waals surface area contributed by atoms with E-state index in [4.69, 9.17) is 4.74 Å². The van der Waals surface area contributed by atoms with Crippen molar-refractivity contribution in [1.29, 1.82) is 0 Å². The van der Waals surface area contributed by atoms with Gasteiger partial charge in [-0.1, -0.05) is 0 Å². The van der Waals surface area contributed by atoms with Gasteiger partial charge in [0.05, 0.1) is 12.2 Å². The molecule has 1 aliphatic rings. The predicted molar refractivity (Wildman–Crippen MR) is 93.2 cm³/mol. The molecule has 1 aromatic rings. The second-order valence-corrected chi connectivity index (χ2v) is 6.85.